The molecule has 0 unspecified atom stereocenters. The van der Waals surface area contributed by atoms with E-state index in [1.54, 1.807) is 13.8 Å². The third-order valence-corrected chi connectivity index (χ3v) is 2.15. The van der Waals surface area contributed by atoms with E-state index < -0.39 is 5.97 Å². The number of hydrogen-bond acceptors (Lipinski definition) is 4. The lowest BCUT2D eigenvalue weighted by Gasteiger charge is -1.98. The zero-order valence-corrected chi connectivity index (χ0v) is 9.05. The normalized spacial score (nSPS) is 10.1. The molecule has 0 saturated heterocycles. The van der Waals surface area contributed by atoms with Gasteiger partial charge in [-0.2, -0.15) is 0 Å². The van der Waals surface area contributed by atoms with Crippen molar-refractivity contribution in [1.82, 2.24) is 5.16 Å². The first-order chi connectivity index (χ1) is 6.20. The highest BCUT2D eigenvalue weighted by atomic mass is 79.9. The minimum absolute atomic E-state index is 0.260. The van der Waals surface area contributed by atoms with E-state index in [9.17, 15) is 4.79 Å². The van der Waals surface area contributed by atoms with E-state index in [1.807, 2.05) is 0 Å². The molecule has 1 aromatic heterocycles. The number of ether oxygens (including phenoxy) is 1. The first-order valence-electron chi connectivity index (χ1n) is 3.89. The van der Waals surface area contributed by atoms with Crippen LogP contribution in [0.5, 0.6) is 0 Å². The lowest BCUT2D eigenvalue weighted by molar-refractivity contribution is 0.0514. The average Bonchev–Trinajstić information content (AvgIpc) is 2.47. The Balaban J connectivity index is 2.93. The lowest BCUT2D eigenvalue weighted by atomic mass is 10.2. The van der Waals surface area contributed by atoms with Gasteiger partial charge in [-0.15, -0.1) is 0 Å². The zero-order valence-electron chi connectivity index (χ0n) is 7.46. The number of carbonyl (C=O) groups excluding carboxylic acids is 1. The average molecular weight is 248 g/mol. The van der Waals surface area contributed by atoms with Crippen LogP contribution in [0.4, 0.5) is 0 Å². The monoisotopic (exact) mass is 247 g/mol. The molecule has 0 aromatic carbocycles. The number of esters is 1. The fourth-order valence-electron chi connectivity index (χ4n) is 0.908. The smallest absolute Gasteiger partial charge is 0.360 e. The molecule has 1 aromatic rings. The van der Waals surface area contributed by atoms with Crippen molar-refractivity contribution in [2.75, 3.05) is 6.61 Å². The van der Waals surface area contributed by atoms with Gasteiger partial charge in [-0.05, 0) is 13.8 Å². The van der Waals surface area contributed by atoms with Crippen molar-refractivity contribution in [3.05, 3.63) is 17.0 Å². The van der Waals surface area contributed by atoms with E-state index in [-0.39, 0.29) is 5.69 Å². The van der Waals surface area contributed by atoms with Crippen LogP contribution in [0.1, 0.15) is 28.7 Å². The van der Waals surface area contributed by atoms with Crippen LogP contribution >= 0.6 is 15.9 Å². The van der Waals surface area contributed by atoms with E-state index in [2.05, 4.69) is 21.1 Å². The fraction of sp³-hybridized carbons (Fsp3) is 0.500. The van der Waals surface area contributed by atoms with E-state index >= 15 is 0 Å². The quantitative estimate of drug-likeness (QED) is 0.606. The number of aryl methyl sites for hydroxylation is 1. The van der Waals surface area contributed by atoms with Crippen LogP contribution in [-0.4, -0.2) is 17.7 Å². The highest BCUT2D eigenvalue weighted by molar-refractivity contribution is 9.08. The number of alkyl halides is 1. The Bertz CT molecular complexity index is 308. The van der Waals surface area contributed by atoms with Crippen molar-refractivity contribution in [2.24, 2.45) is 0 Å². The first kappa shape index (κ1) is 10.2. The van der Waals surface area contributed by atoms with Crippen molar-refractivity contribution in [3.8, 4) is 0 Å². The van der Waals surface area contributed by atoms with Crippen LogP contribution in [0.2, 0.25) is 0 Å². The van der Waals surface area contributed by atoms with Crippen LogP contribution in [-0.2, 0) is 10.1 Å². The van der Waals surface area contributed by atoms with Crippen LogP contribution in [0.3, 0.4) is 0 Å². The SMILES string of the molecule is CCOC(=O)c1noc(C)c1CBr. The van der Waals surface area contributed by atoms with Gasteiger partial charge >= 0.3 is 5.97 Å². The van der Waals surface area contributed by atoms with Gasteiger partial charge in [0, 0.05) is 10.9 Å². The number of nitrogens with zero attached hydrogens (tertiary/aromatic N) is 1. The Labute approximate surface area is 84.4 Å². The van der Waals surface area contributed by atoms with Gasteiger partial charge in [0.1, 0.15) is 5.76 Å². The second-order valence-corrected chi connectivity index (χ2v) is 2.98. The summed E-state index contributed by atoms with van der Waals surface area (Å²) in [6.45, 7) is 3.84. The molecule has 5 heteroatoms. The maximum Gasteiger partial charge on any atom is 0.360 e. The molecular formula is C8H10BrNO3. The Morgan fingerprint density at radius 2 is 2.38 bits per heavy atom. The van der Waals surface area contributed by atoms with Crippen molar-refractivity contribution < 1.29 is 14.1 Å². The van der Waals surface area contributed by atoms with Gasteiger partial charge in [0.15, 0.2) is 5.69 Å². The molecule has 13 heavy (non-hydrogen) atoms. The number of rotatable bonds is 3. The molecule has 0 aliphatic rings. The zero-order chi connectivity index (χ0) is 9.84. The summed E-state index contributed by atoms with van der Waals surface area (Å²) in [4.78, 5) is 11.3. The molecule has 0 spiro atoms. The third kappa shape index (κ3) is 2.09. The molecule has 4 nitrogen and oxygen atoms in total. The van der Waals surface area contributed by atoms with Crippen molar-refractivity contribution in [3.63, 3.8) is 0 Å². The summed E-state index contributed by atoms with van der Waals surface area (Å²) in [7, 11) is 0. The summed E-state index contributed by atoms with van der Waals surface area (Å²) >= 11 is 3.25. The van der Waals surface area contributed by atoms with Gasteiger partial charge in [0.25, 0.3) is 0 Å². The number of carbonyl (C=O) groups is 1. The van der Waals surface area contributed by atoms with Crippen molar-refractivity contribution >= 4 is 21.9 Å². The summed E-state index contributed by atoms with van der Waals surface area (Å²) in [5.41, 5.74) is 1.01. The molecule has 0 amide bonds. The topological polar surface area (TPSA) is 52.3 Å². The molecule has 1 rings (SSSR count). The second kappa shape index (κ2) is 4.41. The number of aromatic nitrogens is 1. The van der Waals surface area contributed by atoms with Crippen LogP contribution in [0.25, 0.3) is 0 Å². The summed E-state index contributed by atoms with van der Waals surface area (Å²) in [5.74, 6) is 0.203. The Morgan fingerprint density at radius 1 is 1.69 bits per heavy atom. The molecule has 0 saturated carbocycles. The molecule has 0 bridgehead atoms. The molecule has 72 valence electrons. The van der Waals surface area contributed by atoms with Gasteiger partial charge in [-0.3, -0.25) is 0 Å². The van der Waals surface area contributed by atoms with E-state index in [4.69, 9.17) is 9.26 Å². The van der Waals surface area contributed by atoms with E-state index in [0.29, 0.717) is 17.7 Å². The summed E-state index contributed by atoms with van der Waals surface area (Å²) in [6.07, 6.45) is 0. The van der Waals surface area contributed by atoms with Crippen LogP contribution < -0.4 is 0 Å². The van der Waals surface area contributed by atoms with Crippen molar-refractivity contribution in [1.29, 1.82) is 0 Å². The Morgan fingerprint density at radius 3 is 2.92 bits per heavy atom. The molecule has 0 fully saturated rings. The number of hydrogen-bond donors (Lipinski definition) is 0. The van der Waals surface area contributed by atoms with Crippen molar-refractivity contribution in [2.45, 2.75) is 19.2 Å². The Kier molecular flexibility index (Phi) is 3.48. The van der Waals surface area contributed by atoms with Gasteiger partial charge in [0.05, 0.1) is 6.61 Å². The summed E-state index contributed by atoms with van der Waals surface area (Å²) in [5, 5.41) is 4.16. The maximum atomic E-state index is 11.3. The van der Waals surface area contributed by atoms with Gasteiger partial charge in [0.2, 0.25) is 0 Å². The van der Waals surface area contributed by atoms with Gasteiger partial charge < -0.3 is 9.26 Å². The summed E-state index contributed by atoms with van der Waals surface area (Å²) in [6, 6.07) is 0. The Hall–Kier alpha value is -0.840. The minimum atomic E-state index is -0.436. The van der Waals surface area contributed by atoms with Crippen LogP contribution in [0, 0.1) is 6.92 Å². The van der Waals surface area contributed by atoms with Crippen LogP contribution in [0.15, 0.2) is 4.52 Å². The highest BCUT2D eigenvalue weighted by Crippen LogP contribution is 2.17. The second-order valence-electron chi connectivity index (χ2n) is 2.42. The van der Waals surface area contributed by atoms with E-state index in [0.717, 1.165) is 5.56 Å². The summed E-state index contributed by atoms with van der Waals surface area (Å²) < 4.78 is 9.67. The minimum Gasteiger partial charge on any atom is -0.461 e. The maximum absolute atomic E-state index is 11.3. The first-order valence-corrected chi connectivity index (χ1v) is 5.01. The van der Waals surface area contributed by atoms with Gasteiger partial charge in [-0.1, -0.05) is 21.1 Å². The molecule has 1 heterocycles. The molecular weight excluding hydrogens is 238 g/mol. The molecule has 0 radical (unpaired) electrons. The molecule has 0 aliphatic carbocycles. The largest absolute Gasteiger partial charge is 0.461 e. The highest BCUT2D eigenvalue weighted by Gasteiger charge is 2.19. The van der Waals surface area contributed by atoms with Gasteiger partial charge in [-0.25, -0.2) is 4.79 Å². The molecule has 0 aliphatic heterocycles. The predicted octanol–water partition coefficient (Wildman–Crippen LogP) is 2.05. The predicted molar refractivity (Wildman–Crippen MR) is 49.8 cm³/mol. The molecule has 0 atom stereocenters. The standard InChI is InChI=1S/C8H10BrNO3/c1-3-12-8(11)7-6(4-9)5(2)13-10-7/h3-4H2,1-2H3. The van der Waals surface area contributed by atoms with E-state index in [1.165, 1.54) is 0 Å². The fourth-order valence-corrected chi connectivity index (χ4v) is 1.57. The third-order valence-electron chi connectivity index (χ3n) is 1.59. The molecule has 0 N–H and O–H groups in total. The number of halogens is 1. The lowest BCUT2D eigenvalue weighted by Crippen LogP contribution is -2.07.